The number of benzene rings is 2. The smallest absolute Gasteiger partial charge is 0.253 e. The van der Waals surface area contributed by atoms with E-state index in [1.165, 1.54) is 16.7 Å². The van der Waals surface area contributed by atoms with Crippen molar-refractivity contribution in [3.05, 3.63) is 64.7 Å². The number of rotatable bonds is 5. The second-order valence-electron chi connectivity index (χ2n) is 6.68. The molecule has 4 nitrogen and oxygen atoms in total. The van der Waals surface area contributed by atoms with E-state index < -0.39 is 0 Å². The van der Waals surface area contributed by atoms with E-state index in [4.69, 9.17) is 12.2 Å². The number of carbonyl (C=O) groups is 1. The molecule has 2 N–H and O–H groups in total. The number of nitrogens with zero attached hydrogens (tertiary/aromatic N) is 1. The van der Waals surface area contributed by atoms with Crippen LogP contribution in [0.15, 0.2) is 42.5 Å². The Hall–Kier alpha value is -2.40. The fraction of sp³-hybridized carbons (Fsp3) is 0.333. The zero-order valence-electron chi connectivity index (χ0n) is 16.1. The van der Waals surface area contributed by atoms with Gasteiger partial charge in [0.25, 0.3) is 5.91 Å². The fourth-order valence-electron chi connectivity index (χ4n) is 2.68. The third-order valence-corrected chi connectivity index (χ3v) is 4.66. The van der Waals surface area contributed by atoms with Gasteiger partial charge in [-0.1, -0.05) is 25.1 Å². The van der Waals surface area contributed by atoms with Gasteiger partial charge in [-0.2, -0.15) is 0 Å². The molecule has 5 heteroatoms. The first-order valence-corrected chi connectivity index (χ1v) is 9.19. The number of hydrogen-bond donors (Lipinski definition) is 2. The molecule has 0 bridgehead atoms. The molecule has 0 heterocycles. The number of carbonyl (C=O) groups excluding carboxylic acids is 1. The number of aryl methyl sites for hydroxylation is 2. The van der Waals surface area contributed by atoms with Crippen LogP contribution in [0.3, 0.4) is 0 Å². The molecule has 0 aliphatic heterocycles. The Bertz CT molecular complexity index is 784. The van der Waals surface area contributed by atoms with Crippen LogP contribution in [-0.4, -0.2) is 30.0 Å². The second kappa shape index (κ2) is 8.81. The van der Waals surface area contributed by atoms with E-state index in [0.29, 0.717) is 10.7 Å². The van der Waals surface area contributed by atoms with E-state index in [2.05, 4.69) is 49.6 Å². The van der Waals surface area contributed by atoms with Gasteiger partial charge < -0.3 is 15.5 Å². The van der Waals surface area contributed by atoms with Crippen molar-refractivity contribution in [3.8, 4) is 0 Å². The van der Waals surface area contributed by atoms with Crippen LogP contribution in [0.25, 0.3) is 0 Å². The highest BCUT2D eigenvalue weighted by atomic mass is 32.1. The van der Waals surface area contributed by atoms with Crippen molar-refractivity contribution in [1.29, 1.82) is 0 Å². The monoisotopic (exact) mass is 369 g/mol. The zero-order valence-corrected chi connectivity index (χ0v) is 16.9. The van der Waals surface area contributed by atoms with Crippen molar-refractivity contribution < 1.29 is 4.79 Å². The minimum Gasteiger partial charge on any atom is -0.356 e. The van der Waals surface area contributed by atoms with E-state index in [0.717, 1.165) is 12.1 Å². The third-order valence-electron chi connectivity index (χ3n) is 4.44. The van der Waals surface area contributed by atoms with E-state index in [-0.39, 0.29) is 11.9 Å². The summed E-state index contributed by atoms with van der Waals surface area (Å²) in [5, 5.41) is 7.14. The van der Waals surface area contributed by atoms with Crippen LogP contribution in [0.4, 0.5) is 5.69 Å². The number of anilines is 1. The SMILES string of the molecule is CC[C@@H](NC(=S)Nc1ccc(C(=O)N(C)C)cc1)c1ccc(C)c(C)c1. The Labute approximate surface area is 161 Å². The van der Waals surface area contributed by atoms with Gasteiger partial charge in [0.1, 0.15) is 0 Å². The van der Waals surface area contributed by atoms with Crippen LogP contribution in [0, 0.1) is 13.8 Å². The predicted molar refractivity (Wildman–Crippen MR) is 113 cm³/mol. The molecule has 0 radical (unpaired) electrons. The Balaban J connectivity index is 2.02. The first kappa shape index (κ1) is 19.9. The lowest BCUT2D eigenvalue weighted by Gasteiger charge is -2.21. The fourth-order valence-corrected chi connectivity index (χ4v) is 2.94. The molecular formula is C21H27N3OS. The summed E-state index contributed by atoms with van der Waals surface area (Å²) in [7, 11) is 3.48. The van der Waals surface area contributed by atoms with Crippen molar-refractivity contribution in [2.45, 2.75) is 33.2 Å². The number of amides is 1. The first-order valence-electron chi connectivity index (χ1n) is 8.78. The maximum absolute atomic E-state index is 11.9. The van der Waals surface area contributed by atoms with Crippen molar-refractivity contribution in [1.82, 2.24) is 10.2 Å². The molecule has 26 heavy (non-hydrogen) atoms. The second-order valence-corrected chi connectivity index (χ2v) is 7.09. The van der Waals surface area contributed by atoms with Crippen LogP contribution in [0.2, 0.25) is 0 Å². The summed E-state index contributed by atoms with van der Waals surface area (Å²) in [6.45, 7) is 6.38. The van der Waals surface area contributed by atoms with Crippen molar-refractivity contribution in [2.24, 2.45) is 0 Å². The lowest BCUT2D eigenvalue weighted by Crippen LogP contribution is -2.32. The average molecular weight is 370 g/mol. The summed E-state index contributed by atoms with van der Waals surface area (Å²) >= 11 is 5.47. The molecule has 0 aliphatic carbocycles. The van der Waals surface area contributed by atoms with Gasteiger partial charge in [0, 0.05) is 25.3 Å². The Morgan fingerprint density at radius 2 is 1.73 bits per heavy atom. The number of hydrogen-bond acceptors (Lipinski definition) is 2. The molecular weight excluding hydrogens is 342 g/mol. The van der Waals surface area contributed by atoms with Gasteiger partial charge in [-0.05, 0) is 73.4 Å². The molecule has 0 saturated heterocycles. The van der Waals surface area contributed by atoms with E-state index in [1.54, 1.807) is 31.1 Å². The normalized spacial score (nSPS) is 11.6. The highest BCUT2D eigenvalue weighted by Crippen LogP contribution is 2.20. The molecule has 2 aromatic rings. The van der Waals surface area contributed by atoms with E-state index in [9.17, 15) is 4.79 Å². The standard InChI is InChI=1S/C21H27N3OS/c1-6-19(17-8-7-14(2)15(3)13-17)23-21(26)22-18-11-9-16(10-12-18)20(25)24(4)5/h7-13,19H,6H2,1-5H3,(H2,22,23,26)/t19-/m1/s1. The summed E-state index contributed by atoms with van der Waals surface area (Å²) in [5.74, 6) is -0.0157. The van der Waals surface area contributed by atoms with Crippen molar-refractivity contribution in [2.75, 3.05) is 19.4 Å². The van der Waals surface area contributed by atoms with Crippen LogP contribution in [0.5, 0.6) is 0 Å². The molecule has 0 unspecified atom stereocenters. The molecule has 0 spiro atoms. The van der Waals surface area contributed by atoms with Crippen molar-refractivity contribution >= 4 is 28.9 Å². The molecule has 0 saturated carbocycles. The minimum atomic E-state index is -0.0157. The van der Waals surface area contributed by atoms with Gasteiger partial charge in [0.2, 0.25) is 0 Å². The Kier molecular flexibility index (Phi) is 6.75. The summed E-state index contributed by atoms with van der Waals surface area (Å²) in [6.07, 6.45) is 0.931. The zero-order chi connectivity index (χ0) is 19.3. The molecule has 138 valence electrons. The first-order chi connectivity index (χ1) is 12.3. The topological polar surface area (TPSA) is 44.4 Å². The molecule has 2 rings (SSSR count). The summed E-state index contributed by atoms with van der Waals surface area (Å²) in [5.41, 5.74) is 5.31. The Morgan fingerprint density at radius 1 is 1.08 bits per heavy atom. The largest absolute Gasteiger partial charge is 0.356 e. The van der Waals surface area contributed by atoms with Crippen LogP contribution < -0.4 is 10.6 Å². The lowest BCUT2D eigenvalue weighted by molar-refractivity contribution is 0.0827. The molecule has 1 atom stereocenters. The van der Waals surface area contributed by atoms with Gasteiger partial charge in [-0.3, -0.25) is 4.79 Å². The van der Waals surface area contributed by atoms with Crippen molar-refractivity contribution in [3.63, 3.8) is 0 Å². The quantitative estimate of drug-likeness (QED) is 0.765. The van der Waals surface area contributed by atoms with Crippen LogP contribution >= 0.6 is 12.2 Å². The van der Waals surface area contributed by atoms with E-state index >= 15 is 0 Å². The summed E-state index contributed by atoms with van der Waals surface area (Å²) < 4.78 is 0. The predicted octanol–water partition coefficient (Wildman–Crippen LogP) is 4.44. The third kappa shape index (κ3) is 5.05. The van der Waals surface area contributed by atoms with E-state index in [1.807, 2.05) is 12.1 Å². The Morgan fingerprint density at radius 3 is 2.27 bits per heavy atom. The average Bonchev–Trinajstić information content (AvgIpc) is 2.62. The van der Waals surface area contributed by atoms with Gasteiger partial charge >= 0.3 is 0 Å². The number of thiocarbonyl (C=S) groups is 1. The molecule has 1 amide bonds. The molecule has 2 aromatic carbocycles. The maximum Gasteiger partial charge on any atom is 0.253 e. The molecule has 0 aliphatic rings. The molecule has 0 fully saturated rings. The minimum absolute atomic E-state index is 0.0157. The lowest BCUT2D eigenvalue weighted by atomic mass is 9.99. The van der Waals surface area contributed by atoms with Gasteiger partial charge in [0.15, 0.2) is 5.11 Å². The van der Waals surface area contributed by atoms with Crippen LogP contribution in [-0.2, 0) is 0 Å². The van der Waals surface area contributed by atoms with Gasteiger partial charge in [0.05, 0.1) is 6.04 Å². The maximum atomic E-state index is 11.9. The molecule has 0 aromatic heterocycles. The highest BCUT2D eigenvalue weighted by Gasteiger charge is 2.12. The van der Waals surface area contributed by atoms with Gasteiger partial charge in [-0.15, -0.1) is 0 Å². The summed E-state index contributed by atoms with van der Waals surface area (Å²) in [6, 6.07) is 14.0. The number of nitrogens with one attached hydrogen (secondary N) is 2. The van der Waals surface area contributed by atoms with Gasteiger partial charge in [-0.25, -0.2) is 0 Å². The summed E-state index contributed by atoms with van der Waals surface area (Å²) in [4.78, 5) is 13.5. The highest BCUT2D eigenvalue weighted by molar-refractivity contribution is 7.80. The van der Waals surface area contributed by atoms with Crippen LogP contribution in [0.1, 0.15) is 46.4 Å².